The van der Waals surface area contributed by atoms with Gasteiger partial charge in [-0.15, -0.1) is 0 Å². The van der Waals surface area contributed by atoms with Gasteiger partial charge in [0.1, 0.15) is 17.4 Å². The minimum atomic E-state index is -1.01. The van der Waals surface area contributed by atoms with E-state index in [2.05, 4.69) is 47.9 Å². The molecule has 4 aliphatic heterocycles. The van der Waals surface area contributed by atoms with Crippen molar-refractivity contribution in [2.75, 3.05) is 53.7 Å². The van der Waals surface area contributed by atoms with Crippen LogP contribution >= 0.6 is 0 Å². The molecule has 0 spiro atoms. The average Bonchev–Trinajstić information content (AvgIpc) is 4.21. The van der Waals surface area contributed by atoms with Crippen LogP contribution in [0.2, 0.25) is 0 Å². The molecule has 16 nitrogen and oxygen atoms in total. The third-order valence-electron chi connectivity index (χ3n) is 16.5. The van der Waals surface area contributed by atoms with E-state index in [1.54, 1.807) is 34.1 Å². The zero-order valence-corrected chi connectivity index (χ0v) is 42.6. The predicted octanol–water partition coefficient (Wildman–Crippen LogP) is 9.58. The number of aliphatic carboxylic acids is 1. The van der Waals surface area contributed by atoms with Gasteiger partial charge in [0, 0.05) is 67.8 Å². The molecule has 2 amide bonds. The van der Waals surface area contributed by atoms with Crippen molar-refractivity contribution in [3.63, 3.8) is 0 Å². The van der Waals surface area contributed by atoms with Gasteiger partial charge in [-0.05, 0) is 123 Å². The summed E-state index contributed by atoms with van der Waals surface area (Å²) in [7, 11) is 2.81. The third-order valence-corrected chi connectivity index (χ3v) is 16.5. The molecular weight excluding hydrogens is 941 g/mol. The van der Waals surface area contributed by atoms with Crippen LogP contribution in [0, 0.1) is 5.92 Å². The zero-order chi connectivity index (χ0) is 51.0. The SMILES string of the molecule is COC(=O)N1CCc2ccc3c(nc([C@@H]4CCCOC4)n3C[C@H](C(=O)O)c3cccc(OC(=O)C4CCC(c5nc6c7c(c([C@H]8CCOC8)cc6n5[C@@H](C)Cc5ccccc5)CCN(C(=O)OC)C7)CC4)c3)c2C1. The van der Waals surface area contributed by atoms with Gasteiger partial charge in [-0.1, -0.05) is 48.5 Å². The number of amides is 2. The smallest absolute Gasteiger partial charge is 0.409 e. The number of carboxylic acids is 1. The molecule has 11 rings (SSSR count). The molecule has 388 valence electrons. The Kier molecular flexibility index (Phi) is 14.2. The van der Waals surface area contributed by atoms with Gasteiger partial charge in [0.05, 0.1) is 74.4 Å². The fraction of sp³-hybridized carbons (Fsp3) is 0.483. The van der Waals surface area contributed by atoms with Crippen molar-refractivity contribution in [2.24, 2.45) is 5.92 Å². The van der Waals surface area contributed by atoms with E-state index >= 15 is 0 Å². The molecule has 6 heterocycles. The molecule has 1 aliphatic carbocycles. The molecule has 2 saturated heterocycles. The van der Waals surface area contributed by atoms with Gasteiger partial charge in [0.2, 0.25) is 0 Å². The average molecular weight is 1010 g/mol. The lowest BCUT2D eigenvalue weighted by Crippen LogP contribution is -2.36. The van der Waals surface area contributed by atoms with Crippen molar-refractivity contribution in [1.29, 1.82) is 0 Å². The van der Waals surface area contributed by atoms with Crippen molar-refractivity contribution < 1.29 is 48.0 Å². The number of rotatable bonds is 12. The van der Waals surface area contributed by atoms with Gasteiger partial charge in [-0.3, -0.25) is 9.59 Å². The van der Waals surface area contributed by atoms with Crippen LogP contribution in [0.15, 0.2) is 72.8 Å². The number of imidazole rings is 2. The molecule has 1 saturated carbocycles. The van der Waals surface area contributed by atoms with Crippen molar-refractivity contribution in [3.05, 3.63) is 123 Å². The molecule has 1 N–H and O–H groups in total. The Balaban J connectivity index is 0.846. The molecule has 0 bridgehead atoms. The van der Waals surface area contributed by atoms with E-state index in [9.17, 15) is 24.3 Å². The highest BCUT2D eigenvalue weighted by Crippen LogP contribution is 2.44. The van der Waals surface area contributed by atoms with Crippen molar-refractivity contribution in [2.45, 2.75) is 120 Å². The number of ether oxygens (including phenoxy) is 5. The first-order chi connectivity index (χ1) is 36.1. The fourth-order valence-electron chi connectivity index (χ4n) is 12.6. The number of esters is 1. The van der Waals surface area contributed by atoms with Gasteiger partial charge < -0.3 is 47.7 Å². The number of hydrogen-bond donors (Lipinski definition) is 1. The number of nitrogens with zero attached hydrogens (tertiary/aromatic N) is 6. The zero-order valence-electron chi connectivity index (χ0n) is 42.6. The second kappa shape index (κ2) is 21.2. The topological polar surface area (TPSA) is 177 Å². The highest BCUT2D eigenvalue weighted by molar-refractivity contribution is 5.85. The van der Waals surface area contributed by atoms with Gasteiger partial charge >= 0.3 is 24.1 Å². The summed E-state index contributed by atoms with van der Waals surface area (Å²) in [6.45, 7) is 6.80. The Morgan fingerprint density at radius 1 is 0.716 bits per heavy atom. The molecule has 74 heavy (non-hydrogen) atoms. The summed E-state index contributed by atoms with van der Waals surface area (Å²) in [5.41, 5.74) is 11.0. The Morgan fingerprint density at radius 3 is 2.15 bits per heavy atom. The number of aromatic nitrogens is 4. The lowest BCUT2D eigenvalue weighted by molar-refractivity contribution is -0.140. The van der Waals surface area contributed by atoms with E-state index in [-0.39, 0.29) is 48.3 Å². The first-order valence-corrected chi connectivity index (χ1v) is 26.5. The second-order valence-electron chi connectivity index (χ2n) is 21.0. The highest BCUT2D eigenvalue weighted by Gasteiger charge is 2.37. The van der Waals surface area contributed by atoms with Crippen LogP contribution in [0.3, 0.4) is 0 Å². The first-order valence-electron chi connectivity index (χ1n) is 26.5. The fourth-order valence-corrected chi connectivity index (χ4v) is 12.6. The largest absolute Gasteiger partial charge is 0.481 e. The third kappa shape index (κ3) is 9.62. The van der Waals surface area contributed by atoms with E-state index < -0.39 is 18.0 Å². The van der Waals surface area contributed by atoms with Crippen molar-refractivity contribution >= 4 is 46.2 Å². The standard InChI is InChI=1S/C58H66N6O10/c1-35(27-36-9-5-4-6-10-36)64-50-29-45(41-22-26-73-33-41)44-21-24-62(58(69)71-3)31-48(44)52(50)60-54(64)38-14-16-39(17-15-38)56(67)74-43-13-7-11-40(28-43)47(55(65)66)32-63-49-19-18-37-20-23-61(57(68)70-2)30-46(37)51(49)59-53(63)42-12-8-25-72-34-42/h4-7,9-11,13,18-19,28-29,35,38-39,41-42,47H,8,12,14-17,20-27,30-34H2,1-3H3,(H,65,66)/t35-,38?,39?,41-,42+,47-/m0/s1. The van der Waals surface area contributed by atoms with E-state index in [1.807, 2.05) is 16.7 Å². The van der Waals surface area contributed by atoms with E-state index in [0.29, 0.717) is 76.6 Å². The van der Waals surface area contributed by atoms with E-state index in [4.69, 9.17) is 33.7 Å². The first kappa shape index (κ1) is 49.4. The van der Waals surface area contributed by atoms with Crippen molar-refractivity contribution in [1.82, 2.24) is 28.9 Å². The van der Waals surface area contributed by atoms with Crippen LogP contribution in [0.25, 0.3) is 22.1 Å². The van der Waals surface area contributed by atoms with Gasteiger partial charge in [0.25, 0.3) is 0 Å². The van der Waals surface area contributed by atoms with Crippen LogP contribution in [-0.2, 0) is 67.4 Å². The summed E-state index contributed by atoms with van der Waals surface area (Å²) in [5, 5.41) is 10.9. The van der Waals surface area contributed by atoms with Crippen molar-refractivity contribution in [3.8, 4) is 5.75 Å². The minimum Gasteiger partial charge on any atom is -0.481 e. The molecule has 5 aliphatic rings. The number of carboxylic acid groups (broad SMARTS) is 1. The maximum absolute atomic E-state index is 14.1. The maximum Gasteiger partial charge on any atom is 0.409 e. The Morgan fingerprint density at radius 2 is 1.43 bits per heavy atom. The number of benzene rings is 4. The Bertz CT molecular complexity index is 3070. The molecule has 16 heteroatoms. The highest BCUT2D eigenvalue weighted by atomic mass is 16.5. The summed E-state index contributed by atoms with van der Waals surface area (Å²) in [5.74, 6) is -0.281. The second-order valence-corrected chi connectivity index (χ2v) is 21.0. The molecule has 4 atom stereocenters. The molecular formula is C58H66N6O10. The normalized spacial score (nSPS) is 21.7. The van der Waals surface area contributed by atoms with Crippen LogP contribution in [0.4, 0.5) is 9.59 Å². The van der Waals surface area contributed by atoms with Crippen LogP contribution in [-0.4, -0.2) is 112 Å². The van der Waals surface area contributed by atoms with Gasteiger partial charge in [-0.2, -0.15) is 0 Å². The van der Waals surface area contributed by atoms with Crippen LogP contribution < -0.4 is 4.74 Å². The Labute approximate surface area is 430 Å². The molecule has 0 unspecified atom stereocenters. The number of carbonyl (C=O) groups is 4. The number of hydrogen-bond acceptors (Lipinski definition) is 11. The lowest BCUT2D eigenvalue weighted by atomic mass is 9.81. The number of fused-ring (bicyclic) bond motifs is 6. The maximum atomic E-state index is 14.1. The van der Waals surface area contributed by atoms with Gasteiger partial charge in [0.15, 0.2) is 0 Å². The minimum absolute atomic E-state index is 0.0324. The summed E-state index contributed by atoms with van der Waals surface area (Å²) in [6, 6.07) is 24.0. The van der Waals surface area contributed by atoms with Crippen LogP contribution in [0.5, 0.6) is 5.75 Å². The summed E-state index contributed by atoms with van der Waals surface area (Å²) >= 11 is 0. The number of methoxy groups -OCH3 is 2. The monoisotopic (exact) mass is 1010 g/mol. The molecule has 2 aromatic heterocycles. The number of carbonyl (C=O) groups excluding carboxylic acids is 3. The molecule has 6 aromatic rings. The van der Waals surface area contributed by atoms with E-state index in [0.717, 1.165) is 102 Å². The lowest BCUT2D eigenvalue weighted by Gasteiger charge is -2.31. The summed E-state index contributed by atoms with van der Waals surface area (Å²) in [6.07, 6.45) is 6.82. The predicted molar refractivity (Wildman–Crippen MR) is 275 cm³/mol. The quantitative estimate of drug-likeness (QED) is 0.0909. The Hall–Kier alpha value is -6.78. The molecule has 0 radical (unpaired) electrons. The van der Waals surface area contributed by atoms with Gasteiger partial charge in [-0.25, -0.2) is 19.6 Å². The van der Waals surface area contributed by atoms with Crippen LogP contribution in [0.1, 0.15) is 132 Å². The summed E-state index contributed by atoms with van der Waals surface area (Å²) in [4.78, 5) is 67.2. The van der Waals surface area contributed by atoms with E-state index in [1.165, 1.54) is 30.9 Å². The summed E-state index contributed by atoms with van der Waals surface area (Å²) < 4.78 is 32.7. The molecule has 3 fully saturated rings. The molecule has 4 aromatic carbocycles.